The van der Waals surface area contributed by atoms with Gasteiger partial charge in [-0.1, -0.05) is 12.1 Å². The van der Waals surface area contributed by atoms with Crippen molar-refractivity contribution in [3.63, 3.8) is 0 Å². The first-order valence-corrected chi connectivity index (χ1v) is 7.10. The molecule has 0 aliphatic heterocycles. The molecule has 1 aromatic heterocycles. The van der Waals surface area contributed by atoms with Gasteiger partial charge in [0.2, 0.25) is 0 Å². The van der Waals surface area contributed by atoms with Crippen molar-refractivity contribution in [3.05, 3.63) is 36.4 Å². The van der Waals surface area contributed by atoms with Crippen LogP contribution < -0.4 is 14.2 Å². The Morgan fingerprint density at radius 3 is 2.55 bits per heavy atom. The fourth-order valence-corrected chi connectivity index (χ4v) is 2.37. The molecule has 0 fully saturated rings. The van der Waals surface area contributed by atoms with Crippen molar-refractivity contribution in [1.82, 2.24) is 9.97 Å². The molecule has 0 bridgehead atoms. The highest BCUT2D eigenvalue weighted by molar-refractivity contribution is 5.83. The normalized spacial score (nSPS) is 10.7. The maximum absolute atomic E-state index is 5.53. The van der Waals surface area contributed by atoms with Crippen molar-refractivity contribution >= 4 is 11.0 Å². The van der Waals surface area contributed by atoms with E-state index >= 15 is 0 Å². The molecule has 5 nitrogen and oxygen atoms in total. The molecule has 1 N–H and O–H groups in total. The van der Waals surface area contributed by atoms with E-state index in [0.717, 1.165) is 28.2 Å². The van der Waals surface area contributed by atoms with Crippen LogP contribution in [0.5, 0.6) is 17.2 Å². The van der Waals surface area contributed by atoms with Gasteiger partial charge in [0.05, 0.1) is 31.9 Å². The Bertz CT molecular complexity index is 755. The number of aromatic nitrogens is 2. The lowest BCUT2D eigenvalue weighted by Crippen LogP contribution is -1.91. The number of imidazole rings is 1. The SMILES string of the molecule is CCOc1cccc(-c2nc3cc(OC)c(OC)cc3[nH]2)c1. The van der Waals surface area contributed by atoms with Crippen molar-refractivity contribution in [1.29, 1.82) is 0 Å². The quantitative estimate of drug-likeness (QED) is 0.781. The number of hydrogen-bond donors (Lipinski definition) is 1. The smallest absolute Gasteiger partial charge is 0.163 e. The second kappa shape index (κ2) is 5.97. The first-order valence-electron chi connectivity index (χ1n) is 7.10. The van der Waals surface area contributed by atoms with Gasteiger partial charge in [-0.2, -0.15) is 0 Å². The third-order valence-corrected chi connectivity index (χ3v) is 3.41. The molecule has 0 atom stereocenters. The highest BCUT2D eigenvalue weighted by Crippen LogP contribution is 2.32. The van der Waals surface area contributed by atoms with Crippen LogP contribution in [0.15, 0.2) is 36.4 Å². The van der Waals surface area contributed by atoms with Crippen LogP contribution in [0.25, 0.3) is 22.4 Å². The predicted octanol–water partition coefficient (Wildman–Crippen LogP) is 3.65. The van der Waals surface area contributed by atoms with Gasteiger partial charge in [0.25, 0.3) is 0 Å². The Kier molecular flexibility index (Phi) is 3.87. The molecule has 0 aliphatic rings. The summed E-state index contributed by atoms with van der Waals surface area (Å²) in [5.41, 5.74) is 2.70. The molecule has 3 aromatic rings. The molecule has 0 radical (unpaired) electrons. The minimum absolute atomic E-state index is 0.637. The molecule has 3 rings (SSSR count). The molecule has 0 amide bonds. The summed E-state index contributed by atoms with van der Waals surface area (Å²) in [6.45, 7) is 2.60. The van der Waals surface area contributed by atoms with Crippen LogP contribution in [0.3, 0.4) is 0 Å². The Balaban J connectivity index is 2.06. The van der Waals surface area contributed by atoms with Crippen LogP contribution in [-0.4, -0.2) is 30.8 Å². The molecule has 2 aromatic carbocycles. The zero-order valence-electron chi connectivity index (χ0n) is 12.8. The maximum atomic E-state index is 5.53. The molecule has 114 valence electrons. The van der Waals surface area contributed by atoms with Gasteiger partial charge in [-0.25, -0.2) is 4.98 Å². The molecule has 0 saturated heterocycles. The van der Waals surface area contributed by atoms with E-state index in [9.17, 15) is 0 Å². The van der Waals surface area contributed by atoms with Crippen LogP contribution in [-0.2, 0) is 0 Å². The van der Waals surface area contributed by atoms with E-state index in [2.05, 4.69) is 9.97 Å². The number of H-pyrrole nitrogens is 1. The van der Waals surface area contributed by atoms with Crippen molar-refractivity contribution in [2.45, 2.75) is 6.92 Å². The first kappa shape index (κ1) is 14.3. The fraction of sp³-hybridized carbons (Fsp3) is 0.235. The number of nitrogens with one attached hydrogen (secondary N) is 1. The van der Waals surface area contributed by atoms with Gasteiger partial charge < -0.3 is 19.2 Å². The van der Waals surface area contributed by atoms with E-state index in [1.807, 2.05) is 43.3 Å². The minimum atomic E-state index is 0.637. The van der Waals surface area contributed by atoms with Crippen LogP contribution >= 0.6 is 0 Å². The van der Waals surface area contributed by atoms with E-state index in [4.69, 9.17) is 14.2 Å². The summed E-state index contributed by atoms with van der Waals surface area (Å²) >= 11 is 0. The Morgan fingerprint density at radius 1 is 1.05 bits per heavy atom. The first-order chi connectivity index (χ1) is 10.7. The monoisotopic (exact) mass is 298 g/mol. The number of ether oxygens (including phenoxy) is 3. The highest BCUT2D eigenvalue weighted by atomic mass is 16.5. The number of hydrogen-bond acceptors (Lipinski definition) is 4. The number of benzene rings is 2. The van der Waals surface area contributed by atoms with Crippen LogP contribution in [0.2, 0.25) is 0 Å². The fourth-order valence-electron chi connectivity index (χ4n) is 2.37. The van der Waals surface area contributed by atoms with Crippen LogP contribution in [0, 0.1) is 0 Å². The average molecular weight is 298 g/mol. The van der Waals surface area contributed by atoms with Gasteiger partial charge in [-0.3, -0.25) is 0 Å². The summed E-state index contributed by atoms with van der Waals surface area (Å²) in [7, 11) is 3.23. The summed E-state index contributed by atoms with van der Waals surface area (Å²) in [6, 6.07) is 11.6. The second-order valence-electron chi connectivity index (χ2n) is 4.77. The standard InChI is InChI=1S/C17H18N2O3/c1-4-22-12-7-5-6-11(8-12)17-18-13-9-15(20-2)16(21-3)10-14(13)19-17/h5-10H,4H2,1-3H3,(H,18,19). The van der Waals surface area contributed by atoms with Gasteiger partial charge in [-0.15, -0.1) is 0 Å². The van der Waals surface area contributed by atoms with E-state index in [1.165, 1.54) is 0 Å². The zero-order chi connectivity index (χ0) is 15.5. The molecule has 0 saturated carbocycles. The number of methoxy groups -OCH3 is 2. The van der Waals surface area contributed by atoms with Crippen molar-refractivity contribution < 1.29 is 14.2 Å². The topological polar surface area (TPSA) is 56.4 Å². The molecule has 22 heavy (non-hydrogen) atoms. The third kappa shape index (κ3) is 2.57. The largest absolute Gasteiger partial charge is 0.494 e. The maximum Gasteiger partial charge on any atom is 0.163 e. The van der Waals surface area contributed by atoms with Crippen LogP contribution in [0.1, 0.15) is 6.92 Å². The summed E-state index contributed by atoms with van der Waals surface area (Å²) in [4.78, 5) is 7.93. The van der Waals surface area contributed by atoms with Gasteiger partial charge >= 0.3 is 0 Å². The molecule has 1 heterocycles. The molecular weight excluding hydrogens is 280 g/mol. The minimum Gasteiger partial charge on any atom is -0.494 e. The number of nitrogens with zero attached hydrogens (tertiary/aromatic N) is 1. The molecule has 5 heteroatoms. The molecule has 0 spiro atoms. The van der Waals surface area contributed by atoms with Crippen molar-refractivity contribution in [3.8, 4) is 28.6 Å². The number of fused-ring (bicyclic) bond motifs is 1. The average Bonchev–Trinajstić information content (AvgIpc) is 2.97. The van der Waals surface area contributed by atoms with Crippen molar-refractivity contribution in [2.24, 2.45) is 0 Å². The molecular formula is C17H18N2O3. The predicted molar refractivity (Wildman–Crippen MR) is 85.8 cm³/mol. The molecule has 0 aliphatic carbocycles. The van der Waals surface area contributed by atoms with E-state index in [-0.39, 0.29) is 0 Å². The summed E-state index contributed by atoms with van der Waals surface area (Å²) in [5, 5.41) is 0. The summed E-state index contributed by atoms with van der Waals surface area (Å²) in [6.07, 6.45) is 0. The number of aromatic amines is 1. The van der Waals surface area contributed by atoms with E-state index < -0.39 is 0 Å². The van der Waals surface area contributed by atoms with Gasteiger partial charge in [0, 0.05) is 17.7 Å². The van der Waals surface area contributed by atoms with Gasteiger partial charge in [0.1, 0.15) is 11.6 Å². The highest BCUT2D eigenvalue weighted by Gasteiger charge is 2.11. The summed E-state index contributed by atoms with van der Waals surface area (Å²) < 4.78 is 16.2. The number of rotatable bonds is 5. The zero-order valence-corrected chi connectivity index (χ0v) is 12.8. The Morgan fingerprint density at radius 2 is 1.82 bits per heavy atom. The Hall–Kier alpha value is -2.69. The second-order valence-corrected chi connectivity index (χ2v) is 4.77. The third-order valence-electron chi connectivity index (χ3n) is 3.41. The van der Waals surface area contributed by atoms with Crippen molar-refractivity contribution in [2.75, 3.05) is 20.8 Å². The van der Waals surface area contributed by atoms with E-state index in [0.29, 0.717) is 18.1 Å². The van der Waals surface area contributed by atoms with Gasteiger partial charge in [0.15, 0.2) is 11.5 Å². The van der Waals surface area contributed by atoms with Crippen LogP contribution in [0.4, 0.5) is 0 Å². The lowest BCUT2D eigenvalue weighted by Gasteiger charge is -2.06. The molecule has 0 unspecified atom stereocenters. The van der Waals surface area contributed by atoms with Gasteiger partial charge in [-0.05, 0) is 19.1 Å². The Labute approximate surface area is 128 Å². The van der Waals surface area contributed by atoms with E-state index in [1.54, 1.807) is 14.2 Å². The lowest BCUT2D eigenvalue weighted by molar-refractivity contribution is 0.340. The lowest BCUT2D eigenvalue weighted by atomic mass is 10.2. The summed E-state index contributed by atoms with van der Waals surface area (Å²) in [5.74, 6) is 2.95.